The summed E-state index contributed by atoms with van der Waals surface area (Å²) in [5.41, 5.74) is 4.83. The third-order valence-corrected chi connectivity index (χ3v) is 0.655. The molecule has 0 aliphatic heterocycles. The molecule has 0 rings (SSSR count). The second-order valence-electron chi connectivity index (χ2n) is 1.23. The van der Waals surface area contributed by atoms with Gasteiger partial charge in [0.1, 0.15) is 5.70 Å². The molecule has 0 radical (unpaired) electrons. The zero-order valence-electron chi connectivity index (χ0n) is 4.79. The Morgan fingerprint density at radius 3 is 2.44 bits per heavy atom. The van der Waals surface area contributed by atoms with Crippen LogP contribution in [-0.2, 0) is 4.79 Å². The number of nitrogens with one attached hydrogen (secondary N) is 1. The van der Waals surface area contributed by atoms with E-state index in [1.54, 1.807) is 0 Å². The van der Waals surface area contributed by atoms with Crippen LogP contribution < -0.4 is 11.1 Å². The molecule has 4 heteroatoms. The molecule has 0 saturated carbocycles. The molecule has 0 aromatic heterocycles. The van der Waals surface area contributed by atoms with E-state index in [0.29, 0.717) is 0 Å². The summed E-state index contributed by atoms with van der Waals surface area (Å²) in [6.45, 7) is 3.26. The van der Waals surface area contributed by atoms with E-state index in [1.807, 2.05) is 0 Å². The van der Waals surface area contributed by atoms with Crippen molar-refractivity contribution >= 4 is 5.97 Å². The molecular weight excluding hydrogens is 120 g/mol. The van der Waals surface area contributed by atoms with Gasteiger partial charge in [-0.25, -0.2) is 4.79 Å². The molecule has 50 valence electrons. The second kappa shape index (κ2) is 3.54. The molecular formula is C5H8N2O2. The molecule has 0 heterocycles. The van der Waals surface area contributed by atoms with E-state index in [4.69, 9.17) is 10.8 Å². The van der Waals surface area contributed by atoms with Crippen molar-refractivity contribution in [3.8, 4) is 0 Å². The lowest BCUT2D eigenvalue weighted by atomic mass is 10.5. The average molecular weight is 128 g/mol. The first kappa shape index (κ1) is 7.55. The van der Waals surface area contributed by atoms with Gasteiger partial charge in [-0.1, -0.05) is 6.58 Å². The van der Waals surface area contributed by atoms with Gasteiger partial charge in [0.25, 0.3) is 0 Å². The topological polar surface area (TPSA) is 75.3 Å². The van der Waals surface area contributed by atoms with Gasteiger partial charge in [0.05, 0.1) is 0 Å². The third kappa shape index (κ3) is 2.38. The summed E-state index contributed by atoms with van der Waals surface area (Å²) in [6.07, 6.45) is 2.21. The largest absolute Gasteiger partial charge is 0.477 e. The molecule has 0 unspecified atom stereocenters. The Balaban J connectivity index is 4.00. The highest BCUT2D eigenvalue weighted by Crippen LogP contribution is 1.82. The van der Waals surface area contributed by atoms with Crippen LogP contribution in [0.3, 0.4) is 0 Å². The minimum atomic E-state index is -1.10. The SMILES string of the molecule is C=CN/C(=C\N)C(=O)O. The maximum absolute atomic E-state index is 10.1. The van der Waals surface area contributed by atoms with Crippen LogP contribution in [0.5, 0.6) is 0 Å². The van der Waals surface area contributed by atoms with Gasteiger partial charge in [-0.3, -0.25) is 0 Å². The lowest BCUT2D eigenvalue weighted by Crippen LogP contribution is -2.15. The number of carboxylic acid groups (broad SMARTS) is 1. The van der Waals surface area contributed by atoms with E-state index in [-0.39, 0.29) is 5.70 Å². The van der Waals surface area contributed by atoms with Gasteiger partial charge in [-0.15, -0.1) is 0 Å². The number of aliphatic carboxylic acids is 1. The molecule has 0 saturated heterocycles. The van der Waals surface area contributed by atoms with Gasteiger partial charge in [0.2, 0.25) is 0 Å². The molecule has 9 heavy (non-hydrogen) atoms. The maximum Gasteiger partial charge on any atom is 0.353 e. The molecule has 0 amide bonds. The Labute approximate surface area is 52.7 Å². The second-order valence-corrected chi connectivity index (χ2v) is 1.23. The third-order valence-electron chi connectivity index (χ3n) is 0.655. The minimum absolute atomic E-state index is 0.0787. The highest BCUT2D eigenvalue weighted by Gasteiger charge is 2.00. The monoisotopic (exact) mass is 128 g/mol. The number of nitrogens with two attached hydrogens (primary N) is 1. The molecule has 0 atom stereocenters. The van der Waals surface area contributed by atoms with Crippen LogP contribution in [0.1, 0.15) is 0 Å². The summed E-state index contributed by atoms with van der Waals surface area (Å²) < 4.78 is 0. The molecule has 0 aliphatic carbocycles. The fraction of sp³-hybridized carbons (Fsp3) is 0. The van der Waals surface area contributed by atoms with Crippen LogP contribution in [0.25, 0.3) is 0 Å². The fourth-order valence-corrected chi connectivity index (χ4v) is 0.291. The molecule has 0 bridgehead atoms. The molecule has 0 aromatic carbocycles. The van der Waals surface area contributed by atoms with Crippen molar-refractivity contribution in [3.05, 3.63) is 24.7 Å². The van der Waals surface area contributed by atoms with E-state index >= 15 is 0 Å². The van der Waals surface area contributed by atoms with Crippen LogP contribution in [0.2, 0.25) is 0 Å². The first-order valence-corrected chi connectivity index (χ1v) is 2.25. The predicted octanol–water partition coefficient (Wildman–Crippen LogP) is -0.396. The van der Waals surface area contributed by atoms with Gasteiger partial charge in [-0.05, 0) is 6.20 Å². The quantitative estimate of drug-likeness (QED) is 0.452. The Morgan fingerprint density at radius 2 is 2.33 bits per heavy atom. The van der Waals surface area contributed by atoms with Crippen molar-refractivity contribution in [2.75, 3.05) is 0 Å². The highest BCUT2D eigenvalue weighted by atomic mass is 16.4. The van der Waals surface area contributed by atoms with E-state index < -0.39 is 5.97 Å². The lowest BCUT2D eigenvalue weighted by molar-refractivity contribution is -0.133. The van der Waals surface area contributed by atoms with Crippen molar-refractivity contribution in [2.24, 2.45) is 5.73 Å². The van der Waals surface area contributed by atoms with Crippen LogP contribution in [-0.4, -0.2) is 11.1 Å². The normalized spacial score (nSPS) is 10.4. The minimum Gasteiger partial charge on any atom is -0.477 e. The standard InChI is InChI=1S/C5H8N2O2/c1-2-7-4(3-6)5(8)9/h2-3,7H,1,6H2,(H,8,9)/b4-3-. The first-order chi connectivity index (χ1) is 4.22. The zero-order chi connectivity index (χ0) is 7.28. The summed E-state index contributed by atoms with van der Waals surface area (Å²) in [4.78, 5) is 10.1. The van der Waals surface area contributed by atoms with E-state index in [0.717, 1.165) is 6.20 Å². The molecule has 4 N–H and O–H groups in total. The first-order valence-electron chi connectivity index (χ1n) is 2.25. The smallest absolute Gasteiger partial charge is 0.353 e. The van der Waals surface area contributed by atoms with Crippen LogP contribution in [0, 0.1) is 0 Å². The van der Waals surface area contributed by atoms with Gasteiger partial charge in [0.15, 0.2) is 0 Å². The number of rotatable bonds is 3. The van der Waals surface area contributed by atoms with Crippen molar-refractivity contribution in [1.29, 1.82) is 0 Å². The van der Waals surface area contributed by atoms with Crippen LogP contribution in [0.15, 0.2) is 24.7 Å². The summed E-state index contributed by atoms with van der Waals surface area (Å²) in [6, 6.07) is 0. The van der Waals surface area contributed by atoms with Crippen molar-refractivity contribution < 1.29 is 9.90 Å². The number of hydrogen-bond acceptors (Lipinski definition) is 3. The predicted molar refractivity (Wildman–Crippen MR) is 33.2 cm³/mol. The molecule has 4 nitrogen and oxygen atoms in total. The number of carboxylic acids is 1. The molecule has 0 aliphatic rings. The van der Waals surface area contributed by atoms with E-state index in [2.05, 4.69) is 11.9 Å². The van der Waals surface area contributed by atoms with Crippen molar-refractivity contribution in [1.82, 2.24) is 5.32 Å². The van der Waals surface area contributed by atoms with Gasteiger partial charge >= 0.3 is 5.97 Å². The van der Waals surface area contributed by atoms with Crippen molar-refractivity contribution in [3.63, 3.8) is 0 Å². The van der Waals surface area contributed by atoms with Gasteiger partial charge in [-0.2, -0.15) is 0 Å². The van der Waals surface area contributed by atoms with Gasteiger partial charge in [0, 0.05) is 6.20 Å². The average Bonchev–Trinajstić information content (AvgIpc) is 1.82. The van der Waals surface area contributed by atoms with Gasteiger partial charge < -0.3 is 16.2 Å². The number of hydrogen-bond donors (Lipinski definition) is 3. The molecule has 0 spiro atoms. The number of carbonyl (C=O) groups is 1. The Hall–Kier alpha value is -1.45. The van der Waals surface area contributed by atoms with Crippen LogP contribution >= 0.6 is 0 Å². The summed E-state index contributed by atoms with van der Waals surface area (Å²) in [5, 5.41) is 10.6. The molecule has 0 fully saturated rings. The van der Waals surface area contributed by atoms with E-state index in [9.17, 15) is 4.79 Å². The summed E-state index contributed by atoms with van der Waals surface area (Å²) in [5.74, 6) is -1.10. The molecule has 0 aromatic rings. The van der Waals surface area contributed by atoms with Crippen molar-refractivity contribution in [2.45, 2.75) is 0 Å². The maximum atomic E-state index is 10.1. The Kier molecular flexibility index (Phi) is 2.97. The van der Waals surface area contributed by atoms with E-state index in [1.165, 1.54) is 6.20 Å². The Bertz CT molecular complexity index is 151. The summed E-state index contributed by atoms with van der Waals surface area (Å²) >= 11 is 0. The van der Waals surface area contributed by atoms with Crippen LogP contribution in [0.4, 0.5) is 0 Å². The lowest BCUT2D eigenvalue weighted by Gasteiger charge is -1.96. The zero-order valence-corrected chi connectivity index (χ0v) is 4.79. The summed E-state index contributed by atoms with van der Waals surface area (Å²) in [7, 11) is 0. The Morgan fingerprint density at radius 1 is 1.78 bits per heavy atom. The highest BCUT2D eigenvalue weighted by molar-refractivity contribution is 5.85. The fourth-order valence-electron chi connectivity index (χ4n) is 0.291.